The van der Waals surface area contributed by atoms with Gasteiger partial charge < -0.3 is 20.0 Å². The highest BCUT2D eigenvalue weighted by atomic mass is 16.2. The van der Waals surface area contributed by atoms with E-state index in [9.17, 15) is 9.59 Å². The average molecular weight is 345 g/mol. The molecule has 6 nitrogen and oxygen atoms in total. The Balaban J connectivity index is 1.57. The van der Waals surface area contributed by atoms with Crippen LogP contribution in [-0.4, -0.2) is 62.1 Å². The second kappa shape index (κ2) is 7.44. The van der Waals surface area contributed by atoms with Crippen LogP contribution in [0, 0.1) is 13.8 Å². The SMILES string of the molecule is CC[NH+]1CCN(C(=O)N[C@H]2CC(=O)N(c3ccc(C)c(C)c3)C2)CC1. The molecule has 6 heteroatoms. The number of anilines is 1. The van der Waals surface area contributed by atoms with E-state index in [-0.39, 0.29) is 18.0 Å². The molecule has 25 heavy (non-hydrogen) atoms. The van der Waals surface area contributed by atoms with Crippen molar-refractivity contribution in [1.29, 1.82) is 0 Å². The van der Waals surface area contributed by atoms with Crippen LogP contribution in [0.2, 0.25) is 0 Å². The molecule has 0 radical (unpaired) electrons. The van der Waals surface area contributed by atoms with Gasteiger partial charge in [0.05, 0.1) is 38.8 Å². The van der Waals surface area contributed by atoms with Gasteiger partial charge in [-0.1, -0.05) is 6.07 Å². The Kier molecular flexibility index (Phi) is 5.27. The van der Waals surface area contributed by atoms with E-state index < -0.39 is 0 Å². The highest BCUT2D eigenvalue weighted by Gasteiger charge is 2.33. The third-order valence-corrected chi connectivity index (χ3v) is 5.51. The number of aryl methyl sites for hydroxylation is 2. The Morgan fingerprint density at radius 3 is 2.60 bits per heavy atom. The Morgan fingerprint density at radius 2 is 1.96 bits per heavy atom. The summed E-state index contributed by atoms with van der Waals surface area (Å²) in [5.74, 6) is 0.0776. The van der Waals surface area contributed by atoms with Crippen molar-refractivity contribution in [2.24, 2.45) is 0 Å². The number of piperazine rings is 1. The molecule has 2 heterocycles. The molecule has 0 unspecified atom stereocenters. The summed E-state index contributed by atoms with van der Waals surface area (Å²) in [6.45, 7) is 11.5. The molecule has 1 aromatic carbocycles. The zero-order chi connectivity index (χ0) is 18.0. The van der Waals surface area contributed by atoms with Gasteiger partial charge in [-0.25, -0.2) is 4.79 Å². The van der Waals surface area contributed by atoms with Crippen molar-refractivity contribution in [3.8, 4) is 0 Å². The normalized spacial score (nSPS) is 21.7. The number of nitrogens with one attached hydrogen (secondary N) is 2. The van der Waals surface area contributed by atoms with Crippen LogP contribution in [0.1, 0.15) is 24.5 Å². The first-order valence-electron chi connectivity index (χ1n) is 9.24. The lowest BCUT2D eigenvalue weighted by Gasteiger charge is -2.32. The predicted molar refractivity (Wildman–Crippen MR) is 98.0 cm³/mol. The zero-order valence-corrected chi connectivity index (χ0v) is 15.5. The molecule has 2 aliphatic rings. The van der Waals surface area contributed by atoms with Crippen LogP contribution in [0.3, 0.4) is 0 Å². The predicted octanol–water partition coefficient (Wildman–Crippen LogP) is 0.339. The number of carbonyl (C=O) groups excluding carboxylic acids is 2. The van der Waals surface area contributed by atoms with Gasteiger partial charge in [0.25, 0.3) is 0 Å². The minimum atomic E-state index is -0.113. The molecule has 0 aromatic heterocycles. The fourth-order valence-electron chi connectivity index (χ4n) is 3.59. The molecule has 2 aliphatic heterocycles. The van der Waals surface area contributed by atoms with Crippen LogP contribution in [-0.2, 0) is 4.79 Å². The highest BCUT2D eigenvalue weighted by molar-refractivity contribution is 5.96. The minimum Gasteiger partial charge on any atom is -0.333 e. The molecular formula is C19H29N4O2+. The van der Waals surface area contributed by atoms with Gasteiger partial charge in [0.1, 0.15) is 0 Å². The third kappa shape index (κ3) is 3.95. The first-order chi connectivity index (χ1) is 12.0. The molecule has 0 saturated carbocycles. The number of benzene rings is 1. The first kappa shape index (κ1) is 17.7. The quantitative estimate of drug-likeness (QED) is 0.830. The second-order valence-electron chi connectivity index (χ2n) is 7.21. The molecule has 1 aromatic rings. The number of hydrogen-bond acceptors (Lipinski definition) is 2. The van der Waals surface area contributed by atoms with Crippen molar-refractivity contribution in [1.82, 2.24) is 10.2 Å². The van der Waals surface area contributed by atoms with Crippen molar-refractivity contribution >= 4 is 17.6 Å². The Morgan fingerprint density at radius 1 is 1.24 bits per heavy atom. The number of hydrogen-bond donors (Lipinski definition) is 2. The standard InChI is InChI=1S/C19H28N4O2/c1-4-21-7-9-22(10-8-21)19(25)20-16-12-18(24)23(13-16)17-6-5-14(2)15(3)11-17/h5-6,11,16H,4,7-10,12-13H2,1-3H3,(H,20,25)/p+1/t16-/m0/s1. The van der Waals surface area contributed by atoms with E-state index in [2.05, 4.69) is 26.1 Å². The molecule has 136 valence electrons. The fourth-order valence-corrected chi connectivity index (χ4v) is 3.59. The summed E-state index contributed by atoms with van der Waals surface area (Å²) in [7, 11) is 0. The monoisotopic (exact) mass is 345 g/mol. The van der Waals surface area contributed by atoms with Gasteiger partial charge in [0.2, 0.25) is 5.91 Å². The summed E-state index contributed by atoms with van der Waals surface area (Å²) >= 11 is 0. The average Bonchev–Trinajstić information content (AvgIpc) is 2.97. The number of amides is 3. The van der Waals surface area contributed by atoms with Crippen LogP contribution in [0.5, 0.6) is 0 Å². The lowest BCUT2D eigenvalue weighted by molar-refractivity contribution is -0.902. The summed E-state index contributed by atoms with van der Waals surface area (Å²) in [5.41, 5.74) is 3.31. The van der Waals surface area contributed by atoms with Crippen LogP contribution >= 0.6 is 0 Å². The van der Waals surface area contributed by atoms with E-state index in [0.29, 0.717) is 13.0 Å². The Bertz CT molecular complexity index is 653. The van der Waals surface area contributed by atoms with E-state index in [1.54, 1.807) is 9.80 Å². The van der Waals surface area contributed by atoms with Gasteiger partial charge in [-0.05, 0) is 44.0 Å². The first-order valence-corrected chi connectivity index (χ1v) is 9.24. The fraction of sp³-hybridized carbons (Fsp3) is 0.579. The van der Waals surface area contributed by atoms with Gasteiger partial charge in [-0.3, -0.25) is 4.79 Å². The van der Waals surface area contributed by atoms with Crippen LogP contribution in [0.15, 0.2) is 18.2 Å². The molecule has 2 N–H and O–H groups in total. The molecule has 2 fully saturated rings. The summed E-state index contributed by atoms with van der Waals surface area (Å²) in [4.78, 5) is 30.1. The summed E-state index contributed by atoms with van der Waals surface area (Å²) < 4.78 is 0. The lowest BCUT2D eigenvalue weighted by atomic mass is 10.1. The minimum absolute atomic E-state index is 0.0325. The molecule has 0 bridgehead atoms. The van der Waals surface area contributed by atoms with E-state index in [0.717, 1.165) is 38.4 Å². The zero-order valence-electron chi connectivity index (χ0n) is 15.5. The Hall–Kier alpha value is -2.08. The van der Waals surface area contributed by atoms with Crippen molar-refractivity contribution in [2.75, 3.05) is 44.2 Å². The highest BCUT2D eigenvalue weighted by Crippen LogP contribution is 2.24. The maximum Gasteiger partial charge on any atom is 0.318 e. The smallest absolute Gasteiger partial charge is 0.318 e. The molecular weight excluding hydrogens is 316 g/mol. The van der Waals surface area contributed by atoms with Gasteiger partial charge in [0, 0.05) is 18.7 Å². The Labute approximate surface area is 149 Å². The number of likely N-dealkylation sites (N-methyl/N-ethyl adjacent to an activating group) is 1. The van der Waals surface area contributed by atoms with Crippen LogP contribution < -0.4 is 15.1 Å². The topological polar surface area (TPSA) is 57.1 Å². The number of quaternary nitrogens is 1. The van der Waals surface area contributed by atoms with E-state index in [4.69, 9.17) is 0 Å². The maximum absolute atomic E-state index is 12.5. The molecule has 3 rings (SSSR count). The molecule has 1 atom stereocenters. The van der Waals surface area contributed by atoms with Gasteiger partial charge >= 0.3 is 6.03 Å². The van der Waals surface area contributed by atoms with Crippen molar-refractivity contribution in [2.45, 2.75) is 33.2 Å². The summed E-state index contributed by atoms with van der Waals surface area (Å²) in [6.07, 6.45) is 0.374. The van der Waals surface area contributed by atoms with Crippen molar-refractivity contribution < 1.29 is 14.5 Å². The summed E-state index contributed by atoms with van der Waals surface area (Å²) in [5, 5.41) is 3.05. The molecule has 3 amide bonds. The maximum atomic E-state index is 12.5. The van der Waals surface area contributed by atoms with Gasteiger partial charge in [-0.2, -0.15) is 0 Å². The van der Waals surface area contributed by atoms with Crippen molar-refractivity contribution in [3.63, 3.8) is 0 Å². The van der Waals surface area contributed by atoms with Crippen LogP contribution in [0.25, 0.3) is 0 Å². The summed E-state index contributed by atoms with van der Waals surface area (Å²) in [6, 6.07) is 5.92. The van der Waals surface area contributed by atoms with Gasteiger partial charge in [0.15, 0.2) is 0 Å². The van der Waals surface area contributed by atoms with E-state index >= 15 is 0 Å². The number of carbonyl (C=O) groups is 2. The number of rotatable bonds is 3. The lowest BCUT2D eigenvalue weighted by Crippen LogP contribution is -3.14. The van der Waals surface area contributed by atoms with E-state index in [1.807, 2.05) is 23.1 Å². The second-order valence-corrected chi connectivity index (χ2v) is 7.21. The van der Waals surface area contributed by atoms with Crippen molar-refractivity contribution in [3.05, 3.63) is 29.3 Å². The van der Waals surface area contributed by atoms with Crippen LogP contribution in [0.4, 0.5) is 10.5 Å². The third-order valence-electron chi connectivity index (χ3n) is 5.51. The van der Waals surface area contributed by atoms with E-state index in [1.165, 1.54) is 11.1 Å². The number of urea groups is 1. The van der Waals surface area contributed by atoms with Gasteiger partial charge in [-0.15, -0.1) is 0 Å². The molecule has 0 aliphatic carbocycles. The number of nitrogens with zero attached hydrogens (tertiary/aromatic N) is 2. The molecule has 0 spiro atoms. The molecule has 2 saturated heterocycles. The largest absolute Gasteiger partial charge is 0.333 e.